The maximum Gasteiger partial charge on any atom is 0.197 e. The predicted octanol–water partition coefficient (Wildman–Crippen LogP) is 1.54. The van der Waals surface area contributed by atoms with Crippen LogP contribution >= 0.6 is 12.4 Å². The average molecular weight is 176 g/mol. The summed E-state index contributed by atoms with van der Waals surface area (Å²) in [4.78, 5) is 7.13. The van der Waals surface area contributed by atoms with Crippen LogP contribution in [0.3, 0.4) is 0 Å². The third kappa shape index (κ3) is 2.12. The fraction of sp³-hybridized carbons (Fsp3) is 0.571. The van der Waals surface area contributed by atoms with Crippen LogP contribution < -0.4 is 5.73 Å². The van der Waals surface area contributed by atoms with E-state index in [1.165, 1.54) is 5.69 Å². The molecule has 0 bridgehead atoms. The first-order valence-corrected chi connectivity index (χ1v) is 3.61. The minimum atomic E-state index is 0. The molecule has 0 spiro atoms. The zero-order chi connectivity index (χ0) is 7.56. The number of anilines is 1. The molecule has 0 aliphatic rings. The van der Waals surface area contributed by atoms with Gasteiger partial charge in [-0.1, -0.05) is 13.8 Å². The molecule has 1 aromatic heterocycles. The molecule has 0 radical (unpaired) electrons. The van der Waals surface area contributed by atoms with E-state index >= 15 is 0 Å². The highest BCUT2D eigenvalue weighted by molar-refractivity contribution is 5.85. The highest BCUT2D eigenvalue weighted by Crippen LogP contribution is 2.07. The fourth-order valence-corrected chi connectivity index (χ4v) is 1.05. The number of nitrogens with one attached hydrogen (secondary N) is 1. The van der Waals surface area contributed by atoms with Gasteiger partial charge in [0.1, 0.15) is 0 Å². The maximum absolute atomic E-state index is 5.46. The van der Waals surface area contributed by atoms with E-state index in [2.05, 4.69) is 23.8 Å². The highest BCUT2D eigenvalue weighted by atomic mass is 35.5. The van der Waals surface area contributed by atoms with E-state index in [1.807, 2.05) is 0 Å². The zero-order valence-corrected chi connectivity index (χ0v) is 7.66. The van der Waals surface area contributed by atoms with Crippen LogP contribution in [0.1, 0.15) is 25.2 Å². The first kappa shape index (κ1) is 10.3. The second kappa shape index (κ2) is 4.23. The van der Waals surface area contributed by atoms with E-state index in [9.17, 15) is 0 Å². The molecule has 11 heavy (non-hydrogen) atoms. The van der Waals surface area contributed by atoms with Crippen molar-refractivity contribution in [2.24, 2.45) is 0 Å². The molecule has 3 N–H and O–H groups in total. The summed E-state index contributed by atoms with van der Waals surface area (Å²) in [5, 5.41) is 0. The van der Waals surface area contributed by atoms with Gasteiger partial charge in [0.25, 0.3) is 0 Å². The van der Waals surface area contributed by atoms with Gasteiger partial charge >= 0.3 is 0 Å². The molecule has 0 amide bonds. The molecule has 0 saturated heterocycles. The van der Waals surface area contributed by atoms with Crippen molar-refractivity contribution in [2.45, 2.75) is 26.7 Å². The van der Waals surface area contributed by atoms with Crippen molar-refractivity contribution in [2.75, 3.05) is 5.73 Å². The molecule has 4 heteroatoms. The van der Waals surface area contributed by atoms with Crippen molar-refractivity contribution < 1.29 is 0 Å². The Hall–Kier alpha value is -0.700. The summed E-state index contributed by atoms with van der Waals surface area (Å²) in [6.45, 7) is 4.17. The largest absolute Gasteiger partial charge is 0.369 e. The van der Waals surface area contributed by atoms with Crippen molar-refractivity contribution in [1.29, 1.82) is 0 Å². The van der Waals surface area contributed by atoms with Gasteiger partial charge in [0.2, 0.25) is 0 Å². The summed E-state index contributed by atoms with van der Waals surface area (Å²) in [6, 6.07) is 0. The van der Waals surface area contributed by atoms with E-state index in [0.29, 0.717) is 5.95 Å². The second-order valence-electron chi connectivity index (χ2n) is 2.25. The summed E-state index contributed by atoms with van der Waals surface area (Å²) >= 11 is 0. The number of halogens is 1. The van der Waals surface area contributed by atoms with E-state index in [0.717, 1.165) is 18.5 Å². The van der Waals surface area contributed by atoms with Crippen molar-refractivity contribution in [1.82, 2.24) is 9.97 Å². The quantitative estimate of drug-likeness (QED) is 0.717. The minimum Gasteiger partial charge on any atom is -0.369 e. The molecule has 3 nitrogen and oxygen atoms in total. The Morgan fingerprint density at radius 3 is 2.36 bits per heavy atom. The number of aromatic nitrogens is 2. The van der Waals surface area contributed by atoms with Gasteiger partial charge in [0, 0.05) is 5.69 Å². The molecule has 0 atom stereocenters. The van der Waals surface area contributed by atoms with Gasteiger partial charge in [0.15, 0.2) is 5.95 Å². The van der Waals surface area contributed by atoms with Gasteiger partial charge < -0.3 is 10.7 Å². The molecule has 0 fully saturated rings. The van der Waals surface area contributed by atoms with E-state index in [4.69, 9.17) is 5.73 Å². The van der Waals surface area contributed by atoms with Crippen molar-refractivity contribution in [3.05, 3.63) is 11.4 Å². The average Bonchev–Trinajstić information content (AvgIpc) is 2.30. The van der Waals surface area contributed by atoms with Gasteiger partial charge in [-0.25, -0.2) is 4.98 Å². The monoisotopic (exact) mass is 175 g/mol. The second-order valence-corrected chi connectivity index (χ2v) is 2.25. The highest BCUT2D eigenvalue weighted by Gasteiger charge is 2.02. The first-order valence-electron chi connectivity index (χ1n) is 3.61. The molecule has 1 heterocycles. The lowest BCUT2D eigenvalue weighted by Gasteiger charge is -1.91. The normalized spacial score (nSPS) is 9.27. The topological polar surface area (TPSA) is 54.7 Å². The number of aryl methyl sites for hydroxylation is 2. The predicted molar refractivity (Wildman–Crippen MR) is 49.0 cm³/mol. The Morgan fingerprint density at radius 2 is 2.00 bits per heavy atom. The standard InChI is InChI=1S/C7H13N3.ClH/c1-3-5-6(4-2)10-7(8)9-5;/h3-4H2,1-2H3,(H3,8,9,10);1H. The summed E-state index contributed by atoms with van der Waals surface area (Å²) in [7, 11) is 0. The zero-order valence-electron chi connectivity index (χ0n) is 6.85. The number of nitrogens with zero attached hydrogens (tertiary/aromatic N) is 1. The smallest absolute Gasteiger partial charge is 0.197 e. The number of rotatable bonds is 2. The lowest BCUT2D eigenvalue weighted by Crippen LogP contribution is -1.87. The van der Waals surface area contributed by atoms with Gasteiger partial charge in [-0.3, -0.25) is 0 Å². The van der Waals surface area contributed by atoms with E-state index in [-0.39, 0.29) is 12.4 Å². The molecule has 0 saturated carbocycles. The van der Waals surface area contributed by atoms with E-state index < -0.39 is 0 Å². The molecule has 0 aliphatic carbocycles. The lowest BCUT2D eigenvalue weighted by atomic mass is 10.2. The van der Waals surface area contributed by atoms with Crippen LogP contribution in [0.5, 0.6) is 0 Å². The number of aromatic amines is 1. The Labute approximate surface area is 72.8 Å². The Bertz CT molecular complexity index is 198. The van der Waals surface area contributed by atoms with E-state index in [1.54, 1.807) is 0 Å². The van der Waals surface area contributed by atoms with Crippen LogP contribution in [0, 0.1) is 0 Å². The first-order chi connectivity index (χ1) is 4.77. The van der Waals surface area contributed by atoms with Crippen LogP contribution in [-0.4, -0.2) is 9.97 Å². The molecule has 1 aromatic rings. The summed E-state index contributed by atoms with van der Waals surface area (Å²) in [5.74, 6) is 0.536. The number of nitrogen functional groups attached to an aromatic ring is 1. The van der Waals surface area contributed by atoms with Gasteiger partial charge in [-0.2, -0.15) is 0 Å². The number of hydrogen-bond acceptors (Lipinski definition) is 2. The van der Waals surface area contributed by atoms with Crippen LogP contribution in [0.15, 0.2) is 0 Å². The number of imidazole rings is 1. The Kier molecular flexibility index (Phi) is 3.97. The molecule has 0 aliphatic heterocycles. The molecule has 0 aromatic carbocycles. The van der Waals surface area contributed by atoms with Crippen LogP contribution in [0.25, 0.3) is 0 Å². The summed E-state index contributed by atoms with van der Waals surface area (Å²) in [6.07, 6.45) is 1.93. The number of H-pyrrole nitrogens is 1. The van der Waals surface area contributed by atoms with Crippen molar-refractivity contribution in [3.63, 3.8) is 0 Å². The maximum atomic E-state index is 5.46. The summed E-state index contributed by atoms with van der Waals surface area (Å²) < 4.78 is 0. The number of nitrogens with two attached hydrogens (primary N) is 1. The van der Waals surface area contributed by atoms with Crippen LogP contribution in [0.4, 0.5) is 5.95 Å². The number of hydrogen-bond donors (Lipinski definition) is 2. The molecule has 64 valence electrons. The van der Waals surface area contributed by atoms with Crippen LogP contribution in [0.2, 0.25) is 0 Å². The Morgan fingerprint density at radius 1 is 1.36 bits per heavy atom. The van der Waals surface area contributed by atoms with Gasteiger partial charge in [-0.05, 0) is 12.8 Å². The molecule has 1 rings (SSSR count). The van der Waals surface area contributed by atoms with Crippen molar-refractivity contribution >= 4 is 18.4 Å². The molecular weight excluding hydrogens is 162 g/mol. The SMILES string of the molecule is CCc1nc(N)[nH]c1CC.Cl. The molecule has 0 unspecified atom stereocenters. The van der Waals surface area contributed by atoms with Crippen LogP contribution in [-0.2, 0) is 12.8 Å². The lowest BCUT2D eigenvalue weighted by molar-refractivity contribution is 0.979. The third-order valence-corrected chi connectivity index (χ3v) is 1.57. The van der Waals surface area contributed by atoms with Crippen molar-refractivity contribution in [3.8, 4) is 0 Å². The fourth-order valence-electron chi connectivity index (χ4n) is 1.05. The Balaban J connectivity index is 0.000001000. The van der Waals surface area contributed by atoms with Gasteiger partial charge in [0.05, 0.1) is 5.69 Å². The molecular formula is C7H14ClN3. The third-order valence-electron chi connectivity index (χ3n) is 1.57. The summed E-state index contributed by atoms with van der Waals surface area (Å²) in [5.41, 5.74) is 7.73. The minimum absolute atomic E-state index is 0. The van der Waals surface area contributed by atoms with Gasteiger partial charge in [-0.15, -0.1) is 12.4 Å².